The highest BCUT2D eigenvalue weighted by atomic mass is 16.5. The lowest BCUT2D eigenvalue weighted by atomic mass is 10.1. The van der Waals surface area contributed by atoms with Gasteiger partial charge in [-0.1, -0.05) is 13.8 Å². The molecule has 0 amide bonds. The Balaban J connectivity index is 2.09. The van der Waals surface area contributed by atoms with Crippen LogP contribution in [0.5, 0.6) is 5.75 Å². The van der Waals surface area contributed by atoms with E-state index in [9.17, 15) is 0 Å². The third kappa shape index (κ3) is 6.06. The van der Waals surface area contributed by atoms with E-state index in [1.54, 1.807) is 19.5 Å². The fourth-order valence-electron chi connectivity index (χ4n) is 1.17. The Bertz CT molecular complexity index is 301. The van der Waals surface area contributed by atoms with E-state index in [1.807, 2.05) is 0 Å². The van der Waals surface area contributed by atoms with Crippen molar-refractivity contribution in [1.29, 1.82) is 0 Å². The first-order chi connectivity index (χ1) is 8.22. The van der Waals surface area contributed by atoms with E-state index in [4.69, 9.17) is 9.47 Å². The molecular weight excluding hydrogens is 218 g/mol. The summed E-state index contributed by atoms with van der Waals surface area (Å²) in [6, 6.07) is 0. The minimum atomic E-state index is 0.596. The van der Waals surface area contributed by atoms with E-state index >= 15 is 0 Å². The summed E-state index contributed by atoms with van der Waals surface area (Å²) in [7, 11) is 1.59. The van der Waals surface area contributed by atoms with Crippen molar-refractivity contribution in [2.45, 2.75) is 20.3 Å². The smallest absolute Gasteiger partial charge is 0.222 e. The number of anilines is 1. The van der Waals surface area contributed by atoms with E-state index in [2.05, 4.69) is 29.1 Å². The van der Waals surface area contributed by atoms with Gasteiger partial charge in [0, 0.05) is 13.2 Å². The van der Waals surface area contributed by atoms with Gasteiger partial charge in [0.1, 0.15) is 0 Å². The highest BCUT2D eigenvalue weighted by molar-refractivity contribution is 5.26. The summed E-state index contributed by atoms with van der Waals surface area (Å²) >= 11 is 0. The zero-order chi connectivity index (χ0) is 12.5. The quantitative estimate of drug-likeness (QED) is 0.703. The van der Waals surface area contributed by atoms with Crippen molar-refractivity contribution < 1.29 is 9.47 Å². The molecule has 0 aliphatic rings. The fourth-order valence-corrected chi connectivity index (χ4v) is 1.17. The van der Waals surface area contributed by atoms with Gasteiger partial charge in [-0.2, -0.15) is 0 Å². The van der Waals surface area contributed by atoms with E-state index in [0.29, 0.717) is 30.8 Å². The lowest BCUT2D eigenvalue weighted by Crippen LogP contribution is -2.12. The van der Waals surface area contributed by atoms with Crippen LogP contribution in [0.25, 0.3) is 0 Å². The Labute approximate surface area is 103 Å². The van der Waals surface area contributed by atoms with Gasteiger partial charge in [0.05, 0.1) is 26.1 Å². The zero-order valence-corrected chi connectivity index (χ0v) is 10.8. The molecule has 0 unspecified atom stereocenters. The van der Waals surface area contributed by atoms with Gasteiger partial charge in [-0.3, -0.25) is 0 Å². The summed E-state index contributed by atoms with van der Waals surface area (Å²) < 4.78 is 10.4. The first-order valence-corrected chi connectivity index (χ1v) is 5.90. The molecule has 0 aliphatic carbocycles. The number of hydrogen-bond donors (Lipinski definition) is 1. The van der Waals surface area contributed by atoms with Crippen molar-refractivity contribution in [2.24, 2.45) is 5.92 Å². The average molecular weight is 239 g/mol. The molecule has 5 nitrogen and oxygen atoms in total. The van der Waals surface area contributed by atoms with E-state index in [-0.39, 0.29) is 0 Å². The van der Waals surface area contributed by atoms with E-state index in [0.717, 1.165) is 13.0 Å². The van der Waals surface area contributed by atoms with Crippen molar-refractivity contribution in [2.75, 3.05) is 32.2 Å². The third-order valence-electron chi connectivity index (χ3n) is 2.23. The van der Waals surface area contributed by atoms with E-state index in [1.165, 1.54) is 0 Å². The van der Waals surface area contributed by atoms with Gasteiger partial charge in [-0.25, -0.2) is 9.97 Å². The molecule has 1 N–H and O–H groups in total. The summed E-state index contributed by atoms with van der Waals surface area (Å²) in [5.74, 6) is 1.94. The molecule has 5 heteroatoms. The monoisotopic (exact) mass is 239 g/mol. The second-order valence-electron chi connectivity index (χ2n) is 4.17. The molecule has 17 heavy (non-hydrogen) atoms. The molecule has 0 fully saturated rings. The van der Waals surface area contributed by atoms with E-state index < -0.39 is 0 Å². The Hall–Kier alpha value is -1.36. The van der Waals surface area contributed by atoms with Gasteiger partial charge in [0.2, 0.25) is 5.95 Å². The molecule has 0 bridgehead atoms. The molecule has 0 radical (unpaired) electrons. The number of aromatic nitrogens is 2. The Kier molecular flexibility index (Phi) is 6.32. The standard InChI is InChI=1S/C12H21N3O2/c1-10(2)4-6-17-7-5-13-12-14-8-11(16-3)9-15-12/h8-10H,4-7H2,1-3H3,(H,13,14,15). The summed E-state index contributed by atoms with van der Waals surface area (Å²) in [6.07, 6.45) is 4.36. The van der Waals surface area contributed by atoms with Crippen LogP contribution >= 0.6 is 0 Å². The molecule has 0 aromatic carbocycles. The zero-order valence-electron chi connectivity index (χ0n) is 10.8. The van der Waals surface area contributed by atoms with Crippen molar-refractivity contribution in [3.05, 3.63) is 12.4 Å². The molecule has 0 aliphatic heterocycles. The van der Waals surface area contributed by atoms with Crippen LogP contribution in [0.15, 0.2) is 12.4 Å². The predicted octanol–water partition coefficient (Wildman–Crippen LogP) is 1.96. The van der Waals surface area contributed by atoms with Crippen LogP contribution in [0.3, 0.4) is 0 Å². The number of nitrogens with one attached hydrogen (secondary N) is 1. The highest BCUT2D eigenvalue weighted by Gasteiger charge is 1.97. The second kappa shape index (κ2) is 7.84. The van der Waals surface area contributed by atoms with Crippen LogP contribution in [-0.2, 0) is 4.74 Å². The number of ether oxygens (including phenoxy) is 2. The van der Waals surface area contributed by atoms with Crippen LogP contribution in [0.1, 0.15) is 20.3 Å². The molecule has 96 valence electrons. The minimum Gasteiger partial charge on any atom is -0.494 e. The highest BCUT2D eigenvalue weighted by Crippen LogP contribution is 2.06. The van der Waals surface area contributed by atoms with Gasteiger partial charge in [0.25, 0.3) is 0 Å². The second-order valence-corrected chi connectivity index (χ2v) is 4.17. The molecule has 0 spiro atoms. The molecule has 1 aromatic rings. The number of nitrogens with zero attached hydrogens (tertiary/aromatic N) is 2. The fraction of sp³-hybridized carbons (Fsp3) is 0.667. The average Bonchev–Trinajstić information content (AvgIpc) is 2.34. The Morgan fingerprint density at radius 3 is 2.53 bits per heavy atom. The first-order valence-electron chi connectivity index (χ1n) is 5.90. The largest absolute Gasteiger partial charge is 0.494 e. The number of methoxy groups -OCH3 is 1. The SMILES string of the molecule is COc1cnc(NCCOCCC(C)C)nc1. The van der Waals surface area contributed by atoms with Crippen molar-refractivity contribution in [3.63, 3.8) is 0 Å². The maximum absolute atomic E-state index is 5.47. The Morgan fingerprint density at radius 2 is 1.94 bits per heavy atom. The summed E-state index contributed by atoms with van der Waals surface area (Å²) in [5.41, 5.74) is 0. The molecule has 1 aromatic heterocycles. The maximum Gasteiger partial charge on any atom is 0.222 e. The lowest BCUT2D eigenvalue weighted by molar-refractivity contribution is 0.132. The van der Waals surface area contributed by atoms with Crippen LogP contribution in [-0.4, -0.2) is 36.8 Å². The molecule has 0 atom stereocenters. The van der Waals surface area contributed by atoms with Gasteiger partial charge in [-0.05, 0) is 12.3 Å². The normalized spacial score (nSPS) is 10.6. The molecular formula is C12H21N3O2. The van der Waals surface area contributed by atoms with Crippen LogP contribution in [0.4, 0.5) is 5.95 Å². The van der Waals surface area contributed by atoms with Crippen molar-refractivity contribution in [1.82, 2.24) is 9.97 Å². The molecule has 1 heterocycles. The predicted molar refractivity (Wildman–Crippen MR) is 67.3 cm³/mol. The molecule has 0 saturated heterocycles. The van der Waals surface area contributed by atoms with Crippen molar-refractivity contribution in [3.8, 4) is 5.75 Å². The topological polar surface area (TPSA) is 56.3 Å². The van der Waals surface area contributed by atoms with Crippen LogP contribution in [0, 0.1) is 5.92 Å². The van der Waals surface area contributed by atoms with Gasteiger partial charge in [0.15, 0.2) is 5.75 Å². The summed E-state index contributed by atoms with van der Waals surface area (Å²) in [6.45, 7) is 6.56. The number of rotatable bonds is 8. The first kappa shape index (κ1) is 13.7. The van der Waals surface area contributed by atoms with Crippen LogP contribution in [0.2, 0.25) is 0 Å². The third-order valence-corrected chi connectivity index (χ3v) is 2.23. The number of hydrogen-bond acceptors (Lipinski definition) is 5. The van der Waals surface area contributed by atoms with Gasteiger partial charge in [-0.15, -0.1) is 0 Å². The Morgan fingerprint density at radius 1 is 1.24 bits per heavy atom. The van der Waals surface area contributed by atoms with Crippen molar-refractivity contribution >= 4 is 5.95 Å². The molecule has 1 rings (SSSR count). The minimum absolute atomic E-state index is 0.596. The summed E-state index contributed by atoms with van der Waals surface area (Å²) in [4.78, 5) is 8.19. The van der Waals surface area contributed by atoms with Crippen LogP contribution < -0.4 is 10.1 Å². The van der Waals surface area contributed by atoms with Gasteiger partial charge < -0.3 is 14.8 Å². The summed E-state index contributed by atoms with van der Waals surface area (Å²) in [5, 5.41) is 3.08. The lowest BCUT2D eigenvalue weighted by Gasteiger charge is -2.07. The molecule has 0 saturated carbocycles. The maximum atomic E-state index is 5.47. The van der Waals surface area contributed by atoms with Gasteiger partial charge >= 0.3 is 0 Å².